The Morgan fingerprint density at radius 2 is 2.00 bits per heavy atom. The highest BCUT2D eigenvalue weighted by Gasteiger charge is 2.17. The highest BCUT2D eigenvalue weighted by Crippen LogP contribution is 2.28. The van der Waals surface area contributed by atoms with Crippen molar-refractivity contribution in [3.05, 3.63) is 71.8 Å². The van der Waals surface area contributed by atoms with E-state index >= 15 is 0 Å². The van der Waals surface area contributed by atoms with E-state index in [1.54, 1.807) is 12.4 Å². The Labute approximate surface area is 117 Å². The van der Waals surface area contributed by atoms with Crippen LogP contribution in [0.4, 0.5) is 0 Å². The molecule has 4 nitrogen and oxygen atoms in total. The predicted molar refractivity (Wildman–Crippen MR) is 79.9 cm³/mol. The van der Waals surface area contributed by atoms with Gasteiger partial charge >= 0.3 is 0 Å². The molecule has 0 radical (unpaired) electrons. The SMILES string of the molecule is Cc1cccnc1C(NN)c1cccc2cnccc12. The maximum Gasteiger partial charge on any atom is 0.0890 e. The minimum absolute atomic E-state index is 0.137. The molecule has 20 heavy (non-hydrogen) atoms. The van der Waals surface area contributed by atoms with Crippen LogP contribution in [-0.2, 0) is 0 Å². The van der Waals surface area contributed by atoms with Gasteiger partial charge < -0.3 is 0 Å². The van der Waals surface area contributed by atoms with Crippen molar-refractivity contribution in [3.8, 4) is 0 Å². The summed E-state index contributed by atoms with van der Waals surface area (Å²) in [6, 6.07) is 12.0. The zero-order chi connectivity index (χ0) is 13.9. The lowest BCUT2D eigenvalue weighted by Gasteiger charge is -2.19. The van der Waals surface area contributed by atoms with Crippen LogP contribution in [-0.4, -0.2) is 9.97 Å². The van der Waals surface area contributed by atoms with Crippen LogP contribution in [0.5, 0.6) is 0 Å². The third kappa shape index (κ3) is 2.15. The molecule has 0 aliphatic carbocycles. The van der Waals surface area contributed by atoms with Gasteiger partial charge in [0.15, 0.2) is 0 Å². The molecule has 0 saturated carbocycles. The maximum atomic E-state index is 5.79. The Bertz CT molecular complexity index is 734. The van der Waals surface area contributed by atoms with Crippen molar-refractivity contribution in [3.63, 3.8) is 0 Å². The van der Waals surface area contributed by atoms with Crippen LogP contribution < -0.4 is 11.3 Å². The number of nitrogens with two attached hydrogens (primary N) is 1. The molecule has 0 bridgehead atoms. The average Bonchev–Trinajstić information content (AvgIpc) is 2.50. The summed E-state index contributed by atoms with van der Waals surface area (Å²) in [6.07, 6.45) is 5.45. The van der Waals surface area contributed by atoms with Crippen molar-refractivity contribution in [1.29, 1.82) is 0 Å². The number of hydrazine groups is 1. The van der Waals surface area contributed by atoms with Gasteiger partial charge in [-0.2, -0.15) is 0 Å². The number of hydrogen-bond acceptors (Lipinski definition) is 4. The van der Waals surface area contributed by atoms with Crippen LogP contribution in [0.15, 0.2) is 55.0 Å². The summed E-state index contributed by atoms with van der Waals surface area (Å²) in [6.45, 7) is 2.04. The van der Waals surface area contributed by atoms with E-state index in [4.69, 9.17) is 5.84 Å². The minimum atomic E-state index is -0.137. The van der Waals surface area contributed by atoms with Crippen LogP contribution >= 0.6 is 0 Å². The molecule has 1 atom stereocenters. The lowest BCUT2D eigenvalue weighted by Crippen LogP contribution is -2.30. The molecular formula is C16H16N4. The van der Waals surface area contributed by atoms with Gasteiger partial charge in [-0.3, -0.25) is 15.8 Å². The molecule has 0 aliphatic heterocycles. The molecule has 0 saturated heterocycles. The van der Waals surface area contributed by atoms with Crippen LogP contribution in [0.1, 0.15) is 22.9 Å². The fraction of sp³-hybridized carbons (Fsp3) is 0.125. The number of aryl methyl sites for hydroxylation is 1. The van der Waals surface area contributed by atoms with Gasteiger partial charge in [0.1, 0.15) is 0 Å². The van der Waals surface area contributed by atoms with E-state index in [-0.39, 0.29) is 6.04 Å². The molecule has 2 aromatic heterocycles. The maximum absolute atomic E-state index is 5.79. The van der Waals surface area contributed by atoms with Gasteiger partial charge in [-0.15, -0.1) is 0 Å². The van der Waals surface area contributed by atoms with Crippen molar-refractivity contribution < 1.29 is 0 Å². The van der Waals surface area contributed by atoms with Gasteiger partial charge in [0.25, 0.3) is 0 Å². The lowest BCUT2D eigenvalue weighted by molar-refractivity contribution is 0.621. The Balaban J connectivity index is 2.20. The molecule has 1 aromatic carbocycles. The number of hydrogen-bond donors (Lipinski definition) is 2. The van der Waals surface area contributed by atoms with E-state index in [2.05, 4.69) is 21.5 Å². The van der Waals surface area contributed by atoms with E-state index in [0.29, 0.717) is 0 Å². The Morgan fingerprint density at radius 3 is 2.80 bits per heavy atom. The smallest absolute Gasteiger partial charge is 0.0890 e. The van der Waals surface area contributed by atoms with Gasteiger partial charge in [0.2, 0.25) is 0 Å². The largest absolute Gasteiger partial charge is 0.271 e. The monoisotopic (exact) mass is 264 g/mol. The standard InChI is InChI=1S/C16H16N4/c1-11-4-3-8-19-15(11)16(20-17)14-6-2-5-12-10-18-9-7-13(12)14/h2-10,16,20H,17H2,1H3. The highest BCUT2D eigenvalue weighted by molar-refractivity contribution is 5.85. The first-order chi connectivity index (χ1) is 9.81. The number of benzene rings is 1. The zero-order valence-electron chi connectivity index (χ0n) is 11.2. The number of pyridine rings is 2. The van der Waals surface area contributed by atoms with Gasteiger partial charge in [-0.1, -0.05) is 24.3 Å². The Kier molecular flexibility index (Phi) is 3.41. The second-order valence-electron chi connectivity index (χ2n) is 4.75. The first-order valence-electron chi connectivity index (χ1n) is 6.51. The van der Waals surface area contributed by atoms with E-state index in [9.17, 15) is 0 Å². The topological polar surface area (TPSA) is 63.8 Å². The Hall–Kier alpha value is -2.30. The minimum Gasteiger partial charge on any atom is -0.271 e. The van der Waals surface area contributed by atoms with E-state index in [1.807, 2.05) is 43.5 Å². The molecule has 3 aromatic rings. The van der Waals surface area contributed by atoms with Gasteiger partial charge in [-0.25, -0.2) is 5.43 Å². The molecule has 0 aliphatic rings. The lowest BCUT2D eigenvalue weighted by atomic mass is 9.96. The second-order valence-corrected chi connectivity index (χ2v) is 4.75. The summed E-state index contributed by atoms with van der Waals surface area (Å²) in [5.74, 6) is 5.79. The fourth-order valence-electron chi connectivity index (χ4n) is 2.52. The van der Waals surface area contributed by atoms with Gasteiger partial charge in [-0.05, 0) is 35.6 Å². The molecule has 4 heteroatoms. The summed E-state index contributed by atoms with van der Waals surface area (Å²) in [5, 5.41) is 2.23. The zero-order valence-corrected chi connectivity index (χ0v) is 11.2. The third-order valence-corrected chi connectivity index (χ3v) is 3.52. The van der Waals surface area contributed by atoms with Crippen LogP contribution in [0.2, 0.25) is 0 Å². The summed E-state index contributed by atoms with van der Waals surface area (Å²) >= 11 is 0. The van der Waals surface area contributed by atoms with Crippen molar-refractivity contribution in [2.24, 2.45) is 5.84 Å². The van der Waals surface area contributed by atoms with Crippen molar-refractivity contribution in [2.75, 3.05) is 0 Å². The van der Waals surface area contributed by atoms with Gasteiger partial charge in [0, 0.05) is 24.0 Å². The van der Waals surface area contributed by atoms with Crippen molar-refractivity contribution in [1.82, 2.24) is 15.4 Å². The van der Waals surface area contributed by atoms with E-state index in [0.717, 1.165) is 27.6 Å². The predicted octanol–water partition coefficient (Wildman–Crippen LogP) is 2.49. The molecule has 3 N–H and O–H groups in total. The molecule has 0 amide bonds. The van der Waals surface area contributed by atoms with Crippen LogP contribution in [0.3, 0.4) is 0 Å². The number of nitrogens with zero attached hydrogens (tertiary/aromatic N) is 2. The number of fused-ring (bicyclic) bond motifs is 1. The normalized spacial score (nSPS) is 12.5. The molecule has 2 heterocycles. The molecular weight excluding hydrogens is 248 g/mol. The Morgan fingerprint density at radius 1 is 1.10 bits per heavy atom. The summed E-state index contributed by atoms with van der Waals surface area (Å²) in [7, 11) is 0. The summed E-state index contributed by atoms with van der Waals surface area (Å²) in [4.78, 5) is 8.64. The fourth-order valence-corrected chi connectivity index (χ4v) is 2.52. The number of aromatic nitrogens is 2. The van der Waals surface area contributed by atoms with Gasteiger partial charge in [0.05, 0.1) is 11.7 Å². The summed E-state index contributed by atoms with van der Waals surface area (Å²) < 4.78 is 0. The van der Waals surface area contributed by atoms with Crippen molar-refractivity contribution in [2.45, 2.75) is 13.0 Å². The molecule has 0 fully saturated rings. The van der Waals surface area contributed by atoms with E-state index in [1.165, 1.54) is 0 Å². The van der Waals surface area contributed by atoms with Crippen LogP contribution in [0.25, 0.3) is 10.8 Å². The average molecular weight is 264 g/mol. The number of rotatable bonds is 3. The first-order valence-corrected chi connectivity index (χ1v) is 6.51. The molecule has 0 spiro atoms. The molecule has 1 unspecified atom stereocenters. The molecule has 100 valence electrons. The highest BCUT2D eigenvalue weighted by atomic mass is 15.2. The van der Waals surface area contributed by atoms with Crippen molar-refractivity contribution >= 4 is 10.8 Å². The first kappa shape index (κ1) is 12.7. The second kappa shape index (κ2) is 5.36. The number of nitrogens with one attached hydrogen (secondary N) is 1. The summed E-state index contributed by atoms with van der Waals surface area (Å²) in [5.41, 5.74) is 6.05. The quantitative estimate of drug-likeness (QED) is 0.563. The van der Waals surface area contributed by atoms with E-state index < -0.39 is 0 Å². The van der Waals surface area contributed by atoms with Crippen LogP contribution in [0, 0.1) is 6.92 Å². The molecule has 3 rings (SSSR count). The third-order valence-electron chi connectivity index (χ3n) is 3.52.